The number of amides is 1. The number of nitrogens with one attached hydrogen (secondary N) is 1. The molecule has 0 unspecified atom stereocenters. The average molecular weight is 387 g/mol. The number of nitrogens with zero attached hydrogens (tertiary/aromatic N) is 1. The molecule has 0 fully saturated rings. The van der Waals surface area contributed by atoms with Crippen molar-refractivity contribution in [2.45, 2.75) is 44.0 Å². The summed E-state index contributed by atoms with van der Waals surface area (Å²) in [4.78, 5) is 12.9. The quantitative estimate of drug-likeness (QED) is 0.826. The molecule has 5 nitrogen and oxygen atoms in total. The van der Waals surface area contributed by atoms with Crippen LogP contribution in [0.3, 0.4) is 0 Å². The third-order valence-corrected chi connectivity index (χ3v) is 7.16. The summed E-state index contributed by atoms with van der Waals surface area (Å²) in [5, 5.41) is 3.08. The molecule has 144 valence electrons. The Bertz CT molecular complexity index is 921. The molecule has 0 aromatic heterocycles. The molecule has 1 atom stereocenters. The van der Waals surface area contributed by atoms with Gasteiger partial charge in [-0.3, -0.25) is 4.79 Å². The van der Waals surface area contributed by atoms with E-state index in [9.17, 15) is 13.2 Å². The topological polar surface area (TPSA) is 66.5 Å². The molecule has 6 heteroatoms. The van der Waals surface area contributed by atoms with Gasteiger partial charge in [-0.2, -0.15) is 4.31 Å². The zero-order valence-corrected chi connectivity index (χ0v) is 16.6. The Kier molecular flexibility index (Phi) is 5.97. The summed E-state index contributed by atoms with van der Waals surface area (Å²) < 4.78 is 26.8. The maximum absolute atomic E-state index is 12.8. The van der Waals surface area contributed by atoms with Crippen molar-refractivity contribution in [2.75, 3.05) is 13.1 Å². The number of fused-ring (bicyclic) bond motifs is 1. The predicted molar refractivity (Wildman–Crippen MR) is 106 cm³/mol. The van der Waals surface area contributed by atoms with Crippen LogP contribution >= 0.6 is 0 Å². The van der Waals surface area contributed by atoms with Gasteiger partial charge >= 0.3 is 0 Å². The molecule has 1 aliphatic carbocycles. The monoisotopic (exact) mass is 386 g/mol. The Balaban J connectivity index is 1.83. The fourth-order valence-corrected chi connectivity index (χ4v) is 5.16. The van der Waals surface area contributed by atoms with Gasteiger partial charge in [-0.1, -0.05) is 44.2 Å². The van der Waals surface area contributed by atoms with Gasteiger partial charge in [-0.25, -0.2) is 8.42 Å². The van der Waals surface area contributed by atoms with Crippen LogP contribution in [-0.4, -0.2) is 31.7 Å². The molecule has 0 spiro atoms. The Labute approximate surface area is 161 Å². The lowest BCUT2D eigenvalue weighted by Crippen LogP contribution is -2.32. The number of aryl methyl sites for hydroxylation is 1. The SMILES string of the molecule is CCN(CC)S(=O)(=O)c1cccc(C(=O)N[C@@H]2CCCc3ccccc32)c1. The minimum Gasteiger partial charge on any atom is -0.345 e. The van der Waals surface area contributed by atoms with Crippen LogP contribution in [0.2, 0.25) is 0 Å². The summed E-state index contributed by atoms with van der Waals surface area (Å²) in [7, 11) is -3.59. The number of sulfonamides is 1. The van der Waals surface area contributed by atoms with E-state index < -0.39 is 10.0 Å². The number of carbonyl (C=O) groups is 1. The number of rotatable bonds is 6. The maximum atomic E-state index is 12.8. The summed E-state index contributed by atoms with van der Waals surface area (Å²) in [5.74, 6) is -0.242. The lowest BCUT2D eigenvalue weighted by Gasteiger charge is -2.26. The van der Waals surface area contributed by atoms with E-state index in [-0.39, 0.29) is 16.8 Å². The molecule has 0 saturated heterocycles. The van der Waals surface area contributed by atoms with E-state index >= 15 is 0 Å². The Morgan fingerprint density at radius 1 is 1.11 bits per heavy atom. The average Bonchev–Trinajstić information content (AvgIpc) is 2.69. The van der Waals surface area contributed by atoms with Crippen LogP contribution in [0.25, 0.3) is 0 Å². The molecule has 0 radical (unpaired) electrons. The van der Waals surface area contributed by atoms with Crippen LogP contribution in [-0.2, 0) is 16.4 Å². The highest BCUT2D eigenvalue weighted by Gasteiger charge is 2.24. The molecule has 3 rings (SSSR count). The summed E-state index contributed by atoms with van der Waals surface area (Å²) in [6, 6.07) is 14.4. The van der Waals surface area contributed by atoms with Gasteiger partial charge in [-0.05, 0) is 48.6 Å². The van der Waals surface area contributed by atoms with Crippen molar-refractivity contribution >= 4 is 15.9 Å². The first-order valence-electron chi connectivity index (χ1n) is 9.46. The van der Waals surface area contributed by atoms with Crippen molar-refractivity contribution in [3.63, 3.8) is 0 Å². The molecule has 2 aromatic carbocycles. The van der Waals surface area contributed by atoms with E-state index in [1.54, 1.807) is 32.0 Å². The lowest BCUT2D eigenvalue weighted by atomic mass is 9.87. The smallest absolute Gasteiger partial charge is 0.251 e. The highest BCUT2D eigenvalue weighted by Crippen LogP contribution is 2.29. The fraction of sp³-hybridized carbons (Fsp3) is 0.381. The molecule has 0 saturated carbocycles. The molecule has 0 bridgehead atoms. The molecule has 27 heavy (non-hydrogen) atoms. The van der Waals surface area contributed by atoms with E-state index in [1.807, 2.05) is 12.1 Å². The summed E-state index contributed by atoms with van der Waals surface area (Å²) in [5.41, 5.74) is 2.79. The van der Waals surface area contributed by atoms with E-state index in [1.165, 1.54) is 15.9 Å². The van der Waals surface area contributed by atoms with Crippen LogP contribution in [0, 0.1) is 0 Å². The molecular formula is C21H26N2O3S. The fourth-order valence-electron chi connectivity index (χ4n) is 3.66. The second-order valence-corrected chi connectivity index (χ2v) is 8.67. The van der Waals surface area contributed by atoms with Gasteiger partial charge in [0, 0.05) is 18.7 Å². The minimum atomic E-state index is -3.59. The standard InChI is InChI=1S/C21H26N2O3S/c1-3-23(4-2)27(25,26)18-12-7-11-17(15-18)21(24)22-20-14-8-10-16-9-5-6-13-19(16)20/h5-7,9,11-13,15,20H,3-4,8,10,14H2,1-2H3,(H,22,24)/t20-/m1/s1. The summed E-state index contributed by atoms with van der Waals surface area (Å²) >= 11 is 0. The van der Waals surface area contributed by atoms with Crippen molar-refractivity contribution in [2.24, 2.45) is 0 Å². The Morgan fingerprint density at radius 2 is 1.85 bits per heavy atom. The first-order chi connectivity index (χ1) is 13.0. The highest BCUT2D eigenvalue weighted by atomic mass is 32.2. The Hall–Kier alpha value is -2.18. The van der Waals surface area contributed by atoms with Gasteiger partial charge in [-0.15, -0.1) is 0 Å². The first-order valence-corrected chi connectivity index (χ1v) is 10.9. The third kappa shape index (κ3) is 4.06. The normalized spacial score (nSPS) is 16.8. The van der Waals surface area contributed by atoms with Crippen LogP contribution in [0.5, 0.6) is 0 Å². The number of hydrogen-bond acceptors (Lipinski definition) is 3. The number of benzene rings is 2. The molecular weight excluding hydrogens is 360 g/mol. The third-order valence-electron chi connectivity index (χ3n) is 5.11. The van der Waals surface area contributed by atoms with Gasteiger partial charge in [0.25, 0.3) is 5.91 Å². The van der Waals surface area contributed by atoms with Crippen LogP contribution in [0.4, 0.5) is 0 Å². The summed E-state index contributed by atoms with van der Waals surface area (Å²) in [6.45, 7) is 4.40. The van der Waals surface area contributed by atoms with E-state index in [0.29, 0.717) is 18.7 Å². The van der Waals surface area contributed by atoms with Crippen molar-refractivity contribution in [1.82, 2.24) is 9.62 Å². The summed E-state index contributed by atoms with van der Waals surface area (Å²) in [6.07, 6.45) is 2.94. The molecule has 1 N–H and O–H groups in total. The zero-order valence-electron chi connectivity index (χ0n) is 15.8. The van der Waals surface area contributed by atoms with Gasteiger partial charge in [0.15, 0.2) is 0 Å². The van der Waals surface area contributed by atoms with Gasteiger partial charge in [0.05, 0.1) is 10.9 Å². The van der Waals surface area contributed by atoms with Crippen molar-refractivity contribution in [1.29, 1.82) is 0 Å². The second-order valence-electron chi connectivity index (χ2n) is 6.73. The molecule has 0 aliphatic heterocycles. The van der Waals surface area contributed by atoms with Gasteiger partial charge < -0.3 is 5.32 Å². The molecule has 0 heterocycles. The second kappa shape index (κ2) is 8.23. The molecule has 1 amide bonds. The predicted octanol–water partition coefficient (Wildman–Crippen LogP) is 3.52. The minimum absolute atomic E-state index is 0.0366. The molecule has 1 aliphatic rings. The first kappa shape index (κ1) is 19.6. The maximum Gasteiger partial charge on any atom is 0.251 e. The Morgan fingerprint density at radius 3 is 2.59 bits per heavy atom. The van der Waals surface area contributed by atoms with Crippen molar-refractivity contribution < 1.29 is 13.2 Å². The van der Waals surface area contributed by atoms with Gasteiger partial charge in [0.1, 0.15) is 0 Å². The molecule has 2 aromatic rings. The van der Waals surface area contributed by atoms with Crippen LogP contribution < -0.4 is 5.32 Å². The van der Waals surface area contributed by atoms with Gasteiger partial charge in [0.2, 0.25) is 10.0 Å². The lowest BCUT2D eigenvalue weighted by molar-refractivity contribution is 0.0932. The van der Waals surface area contributed by atoms with E-state index in [4.69, 9.17) is 0 Å². The van der Waals surface area contributed by atoms with Crippen molar-refractivity contribution in [3.05, 3.63) is 65.2 Å². The highest BCUT2D eigenvalue weighted by molar-refractivity contribution is 7.89. The van der Waals surface area contributed by atoms with E-state index in [2.05, 4.69) is 17.4 Å². The zero-order chi connectivity index (χ0) is 19.4. The number of hydrogen-bond donors (Lipinski definition) is 1. The van der Waals surface area contributed by atoms with Crippen LogP contribution in [0.1, 0.15) is 54.2 Å². The van der Waals surface area contributed by atoms with Crippen molar-refractivity contribution in [3.8, 4) is 0 Å². The largest absolute Gasteiger partial charge is 0.345 e. The van der Waals surface area contributed by atoms with E-state index in [0.717, 1.165) is 24.8 Å². The van der Waals surface area contributed by atoms with Crippen LogP contribution in [0.15, 0.2) is 53.4 Å². The number of carbonyl (C=O) groups excluding carboxylic acids is 1.